The maximum Gasteiger partial charge on any atom is 0.239 e. The lowest BCUT2D eigenvalue weighted by molar-refractivity contribution is -0.121. The quantitative estimate of drug-likeness (QED) is 0.836. The van der Waals surface area contributed by atoms with E-state index in [2.05, 4.69) is 29.5 Å². The van der Waals surface area contributed by atoms with Gasteiger partial charge in [0.2, 0.25) is 5.91 Å². The summed E-state index contributed by atoms with van der Waals surface area (Å²) in [5, 5.41) is 6.29. The lowest BCUT2D eigenvalue weighted by Crippen LogP contribution is -2.39. The van der Waals surface area contributed by atoms with E-state index in [1.807, 2.05) is 10.8 Å². The second kappa shape index (κ2) is 6.19. The first-order valence-corrected chi connectivity index (χ1v) is 7.14. The molecule has 0 spiro atoms. The molecule has 1 saturated heterocycles. The Kier molecular flexibility index (Phi) is 4.58. The molecule has 1 fully saturated rings. The summed E-state index contributed by atoms with van der Waals surface area (Å²) in [5.41, 5.74) is 1.31. The number of carbonyl (C=O) groups is 1. The number of aromatic nitrogens is 2. The molecule has 1 aromatic heterocycles. The van der Waals surface area contributed by atoms with Crippen molar-refractivity contribution in [3.8, 4) is 0 Å². The molecule has 5 heteroatoms. The summed E-state index contributed by atoms with van der Waals surface area (Å²) in [6.45, 7) is 7.50. The van der Waals surface area contributed by atoms with Gasteiger partial charge in [0.15, 0.2) is 0 Å². The van der Waals surface area contributed by atoms with Gasteiger partial charge in [-0.15, -0.1) is 0 Å². The number of nitrogens with zero attached hydrogens (tertiary/aromatic N) is 2. The lowest BCUT2D eigenvalue weighted by atomic mass is 9.78. The third-order valence-electron chi connectivity index (χ3n) is 3.92. The first kappa shape index (κ1) is 14.1. The van der Waals surface area contributed by atoms with Gasteiger partial charge in [0.1, 0.15) is 6.54 Å². The largest absolute Gasteiger partial charge is 0.355 e. The Morgan fingerprint density at radius 3 is 2.95 bits per heavy atom. The molecule has 0 aromatic carbocycles. The normalized spacial score (nSPS) is 18.2. The number of piperidine rings is 1. The number of carbonyl (C=O) groups excluding carboxylic acids is 1. The van der Waals surface area contributed by atoms with Gasteiger partial charge >= 0.3 is 0 Å². The number of amides is 1. The van der Waals surface area contributed by atoms with Crippen molar-refractivity contribution in [1.82, 2.24) is 20.2 Å². The number of nitrogens with one attached hydrogen (secondary N) is 2. The Labute approximate surface area is 114 Å². The monoisotopic (exact) mass is 264 g/mol. The van der Waals surface area contributed by atoms with Gasteiger partial charge in [-0.25, -0.2) is 4.98 Å². The average Bonchev–Trinajstić information content (AvgIpc) is 2.86. The molecule has 2 rings (SSSR count). The van der Waals surface area contributed by atoms with Crippen LogP contribution in [0, 0.1) is 0 Å². The summed E-state index contributed by atoms with van der Waals surface area (Å²) in [6.07, 6.45) is 6.84. The van der Waals surface area contributed by atoms with Gasteiger partial charge in [0.25, 0.3) is 0 Å². The van der Waals surface area contributed by atoms with Crippen molar-refractivity contribution in [2.45, 2.75) is 45.1 Å². The van der Waals surface area contributed by atoms with Gasteiger partial charge in [-0.05, 0) is 32.4 Å². The molecule has 0 atom stereocenters. The molecule has 0 unspecified atom stereocenters. The predicted octanol–water partition coefficient (Wildman–Crippen LogP) is 1.05. The summed E-state index contributed by atoms with van der Waals surface area (Å²) in [6, 6.07) is 0. The number of imidazole rings is 1. The van der Waals surface area contributed by atoms with E-state index in [0.29, 0.717) is 6.54 Å². The van der Waals surface area contributed by atoms with E-state index < -0.39 is 0 Å². The van der Waals surface area contributed by atoms with Gasteiger partial charge in [0.05, 0.1) is 6.33 Å². The Bertz CT molecular complexity index is 421. The van der Waals surface area contributed by atoms with Gasteiger partial charge in [-0.3, -0.25) is 4.79 Å². The zero-order valence-electron chi connectivity index (χ0n) is 11.9. The van der Waals surface area contributed by atoms with Crippen LogP contribution in [0.5, 0.6) is 0 Å². The molecule has 19 heavy (non-hydrogen) atoms. The summed E-state index contributed by atoms with van der Waals surface area (Å²) < 4.78 is 2.00. The fraction of sp³-hybridized carbons (Fsp3) is 0.714. The molecule has 2 heterocycles. The van der Waals surface area contributed by atoms with Crippen LogP contribution in [-0.2, 0) is 16.8 Å². The van der Waals surface area contributed by atoms with E-state index in [9.17, 15) is 4.79 Å². The van der Waals surface area contributed by atoms with E-state index in [0.717, 1.165) is 38.9 Å². The fourth-order valence-electron chi connectivity index (χ4n) is 2.66. The standard InChI is InChI=1S/C14H24N4O/c1-3-6-17-13(19)10-18-11-16-9-12(18)14(2)4-7-15-8-5-14/h9,11,15H,3-8,10H2,1-2H3,(H,17,19). The van der Waals surface area contributed by atoms with Crippen LogP contribution in [0.4, 0.5) is 0 Å². The van der Waals surface area contributed by atoms with Crippen LogP contribution in [0.3, 0.4) is 0 Å². The molecule has 1 amide bonds. The smallest absolute Gasteiger partial charge is 0.239 e. The molecular formula is C14H24N4O. The summed E-state index contributed by atoms with van der Waals surface area (Å²) in [5.74, 6) is 0.0682. The van der Waals surface area contributed by atoms with Crippen LogP contribution < -0.4 is 10.6 Å². The summed E-state index contributed by atoms with van der Waals surface area (Å²) in [4.78, 5) is 16.1. The van der Waals surface area contributed by atoms with Crippen molar-refractivity contribution in [3.63, 3.8) is 0 Å². The van der Waals surface area contributed by atoms with E-state index in [4.69, 9.17) is 0 Å². The van der Waals surface area contributed by atoms with Gasteiger partial charge in [-0.2, -0.15) is 0 Å². The Morgan fingerprint density at radius 1 is 1.53 bits per heavy atom. The number of rotatable bonds is 5. The molecule has 1 aliphatic rings. The molecule has 0 radical (unpaired) electrons. The van der Waals surface area contributed by atoms with E-state index >= 15 is 0 Å². The molecule has 1 aliphatic heterocycles. The maximum absolute atomic E-state index is 11.8. The van der Waals surface area contributed by atoms with Crippen molar-refractivity contribution in [1.29, 1.82) is 0 Å². The highest BCUT2D eigenvalue weighted by atomic mass is 16.1. The van der Waals surface area contributed by atoms with E-state index in [-0.39, 0.29) is 11.3 Å². The van der Waals surface area contributed by atoms with Crippen LogP contribution >= 0.6 is 0 Å². The molecule has 0 bridgehead atoms. The lowest BCUT2D eigenvalue weighted by Gasteiger charge is -2.34. The third-order valence-corrected chi connectivity index (χ3v) is 3.92. The predicted molar refractivity (Wildman–Crippen MR) is 75.0 cm³/mol. The molecular weight excluding hydrogens is 240 g/mol. The van der Waals surface area contributed by atoms with Crippen LogP contribution in [0.15, 0.2) is 12.5 Å². The number of hydrogen-bond donors (Lipinski definition) is 2. The van der Waals surface area contributed by atoms with Crippen LogP contribution in [0.1, 0.15) is 38.8 Å². The van der Waals surface area contributed by atoms with Crippen LogP contribution in [0.2, 0.25) is 0 Å². The van der Waals surface area contributed by atoms with Crippen molar-refractivity contribution in [3.05, 3.63) is 18.2 Å². The molecule has 1 aromatic rings. The highest BCUT2D eigenvalue weighted by molar-refractivity contribution is 5.75. The van der Waals surface area contributed by atoms with Crippen molar-refractivity contribution in [2.24, 2.45) is 0 Å². The fourth-order valence-corrected chi connectivity index (χ4v) is 2.66. The molecule has 2 N–H and O–H groups in total. The second-order valence-corrected chi connectivity index (χ2v) is 5.57. The summed E-state index contributed by atoms with van der Waals surface area (Å²) >= 11 is 0. The Morgan fingerprint density at radius 2 is 2.26 bits per heavy atom. The van der Waals surface area contributed by atoms with Crippen molar-refractivity contribution in [2.75, 3.05) is 19.6 Å². The topological polar surface area (TPSA) is 59.0 Å². The SMILES string of the molecule is CCCNC(=O)Cn1cncc1C1(C)CCNCC1. The zero-order valence-corrected chi connectivity index (χ0v) is 11.9. The van der Waals surface area contributed by atoms with Crippen molar-refractivity contribution < 1.29 is 4.79 Å². The highest BCUT2D eigenvalue weighted by Crippen LogP contribution is 2.32. The first-order valence-electron chi connectivity index (χ1n) is 7.14. The van der Waals surface area contributed by atoms with Gasteiger partial charge in [0, 0.05) is 23.9 Å². The minimum absolute atomic E-state index is 0.0682. The van der Waals surface area contributed by atoms with E-state index in [1.54, 1.807) is 6.33 Å². The zero-order chi connectivity index (χ0) is 13.7. The third kappa shape index (κ3) is 3.35. The van der Waals surface area contributed by atoms with E-state index in [1.165, 1.54) is 5.69 Å². The minimum atomic E-state index is 0.0682. The molecule has 106 valence electrons. The highest BCUT2D eigenvalue weighted by Gasteiger charge is 2.31. The van der Waals surface area contributed by atoms with Crippen molar-refractivity contribution >= 4 is 5.91 Å². The summed E-state index contributed by atoms with van der Waals surface area (Å²) in [7, 11) is 0. The minimum Gasteiger partial charge on any atom is -0.355 e. The Balaban J connectivity index is 2.06. The molecule has 0 saturated carbocycles. The Hall–Kier alpha value is -1.36. The molecule has 5 nitrogen and oxygen atoms in total. The number of hydrogen-bond acceptors (Lipinski definition) is 3. The average molecular weight is 264 g/mol. The van der Waals surface area contributed by atoms with Gasteiger partial charge < -0.3 is 15.2 Å². The maximum atomic E-state index is 11.8. The van der Waals surface area contributed by atoms with Crippen LogP contribution in [-0.4, -0.2) is 35.1 Å². The molecule has 0 aliphatic carbocycles. The van der Waals surface area contributed by atoms with Gasteiger partial charge in [-0.1, -0.05) is 13.8 Å². The second-order valence-electron chi connectivity index (χ2n) is 5.57. The first-order chi connectivity index (χ1) is 9.15. The van der Waals surface area contributed by atoms with Crippen LogP contribution in [0.25, 0.3) is 0 Å².